The Morgan fingerprint density at radius 3 is 2.65 bits per heavy atom. The van der Waals surface area contributed by atoms with Gasteiger partial charge in [0.2, 0.25) is 0 Å². The van der Waals surface area contributed by atoms with Crippen LogP contribution in [0, 0.1) is 0 Å². The highest BCUT2D eigenvalue weighted by Gasteiger charge is 2.17. The van der Waals surface area contributed by atoms with E-state index >= 15 is 0 Å². The van der Waals surface area contributed by atoms with Crippen LogP contribution < -0.4 is 0 Å². The maximum Gasteiger partial charge on any atom is 0.289 e. The molecule has 2 rings (SSSR count). The van der Waals surface area contributed by atoms with E-state index in [2.05, 4.69) is 15.9 Å². The highest BCUT2D eigenvalue weighted by molar-refractivity contribution is 9.10. The minimum Gasteiger partial charge on any atom is -0.451 e. The largest absolute Gasteiger partial charge is 0.451 e. The van der Waals surface area contributed by atoms with E-state index in [0.29, 0.717) is 18.8 Å². The van der Waals surface area contributed by atoms with Crippen molar-refractivity contribution < 1.29 is 9.21 Å². The van der Waals surface area contributed by atoms with Crippen LogP contribution in [0.4, 0.5) is 0 Å². The third-order valence-electron chi connectivity index (χ3n) is 2.74. The minimum absolute atomic E-state index is 0.0534. The second kappa shape index (κ2) is 4.92. The second-order valence-electron chi connectivity index (χ2n) is 3.77. The fourth-order valence-electron chi connectivity index (χ4n) is 1.78. The smallest absolute Gasteiger partial charge is 0.289 e. The molecule has 1 amide bonds. The highest BCUT2D eigenvalue weighted by Crippen LogP contribution is 2.24. The molecular formula is C13H14BrNO2. The minimum atomic E-state index is -0.0534. The molecule has 1 aromatic heterocycles. The number of amides is 1. The number of rotatable bonds is 3. The Kier molecular flexibility index (Phi) is 3.52. The first-order valence-corrected chi connectivity index (χ1v) is 6.43. The summed E-state index contributed by atoms with van der Waals surface area (Å²) >= 11 is 3.38. The molecule has 0 aliphatic carbocycles. The Labute approximate surface area is 109 Å². The van der Waals surface area contributed by atoms with Gasteiger partial charge in [-0.3, -0.25) is 4.79 Å². The van der Waals surface area contributed by atoms with Gasteiger partial charge in [-0.25, -0.2) is 0 Å². The summed E-state index contributed by atoms with van der Waals surface area (Å²) in [4.78, 5) is 13.8. The molecule has 0 spiro atoms. The van der Waals surface area contributed by atoms with Crippen LogP contribution in [0.1, 0.15) is 24.4 Å². The van der Waals surface area contributed by atoms with Crippen LogP contribution in [0.5, 0.6) is 0 Å². The summed E-state index contributed by atoms with van der Waals surface area (Å²) in [6.45, 7) is 5.30. The van der Waals surface area contributed by atoms with Crippen LogP contribution in [0.25, 0.3) is 11.0 Å². The van der Waals surface area contributed by atoms with Gasteiger partial charge in [-0.1, -0.05) is 15.9 Å². The van der Waals surface area contributed by atoms with Gasteiger partial charge in [-0.05, 0) is 38.1 Å². The molecule has 0 aliphatic rings. The first kappa shape index (κ1) is 12.2. The van der Waals surface area contributed by atoms with Gasteiger partial charge in [0.05, 0.1) is 0 Å². The SMILES string of the molecule is CCN(CC)C(=O)c1cc2ccc(Br)cc2o1. The van der Waals surface area contributed by atoms with Crippen molar-refractivity contribution in [3.8, 4) is 0 Å². The summed E-state index contributed by atoms with van der Waals surface area (Å²) < 4.78 is 6.52. The van der Waals surface area contributed by atoms with Crippen LogP contribution in [-0.2, 0) is 0 Å². The van der Waals surface area contributed by atoms with Crippen molar-refractivity contribution in [3.05, 3.63) is 34.5 Å². The van der Waals surface area contributed by atoms with Crippen molar-refractivity contribution in [2.24, 2.45) is 0 Å². The number of halogens is 1. The molecule has 3 nitrogen and oxygen atoms in total. The lowest BCUT2D eigenvalue weighted by atomic mass is 10.2. The van der Waals surface area contributed by atoms with E-state index in [1.165, 1.54) is 0 Å². The average molecular weight is 296 g/mol. The molecule has 0 saturated heterocycles. The van der Waals surface area contributed by atoms with E-state index in [0.717, 1.165) is 15.4 Å². The maximum absolute atomic E-state index is 12.1. The lowest BCUT2D eigenvalue weighted by molar-refractivity contribution is 0.0743. The first-order valence-electron chi connectivity index (χ1n) is 5.64. The van der Waals surface area contributed by atoms with Gasteiger partial charge in [-0.15, -0.1) is 0 Å². The van der Waals surface area contributed by atoms with E-state index in [4.69, 9.17) is 4.42 Å². The summed E-state index contributed by atoms with van der Waals surface area (Å²) in [6, 6.07) is 7.53. The van der Waals surface area contributed by atoms with Crippen molar-refractivity contribution in [2.45, 2.75) is 13.8 Å². The number of furan rings is 1. The van der Waals surface area contributed by atoms with E-state index in [9.17, 15) is 4.79 Å². The lowest BCUT2D eigenvalue weighted by Crippen LogP contribution is -2.30. The fraction of sp³-hybridized carbons (Fsp3) is 0.308. The van der Waals surface area contributed by atoms with Gasteiger partial charge in [0.25, 0.3) is 5.91 Å². The lowest BCUT2D eigenvalue weighted by Gasteiger charge is -2.16. The normalized spacial score (nSPS) is 10.8. The van der Waals surface area contributed by atoms with Crippen molar-refractivity contribution >= 4 is 32.8 Å². The number of benzene rings is 1. The Balaban J connectivity index is 2.39. The van der Waals surface area contributed by atoms with Gasteiger partial charge in [-0.2, -0.15) is 0 Å². The summed E-state index contributed by atoms with van der Waals surface area (Å²) in [5.41, 5.74) is 0.731. The van der Waals surface area contributed by atoms with Crippen molar-refractivity contribution in [1.29, 1.82) is 0 Å². The van der Waals surface area contributed by atoms with Gasteiger partial charge >= 0.3 is 0 Å². The van der Waals surface area contributed by atoms with E-state index in [1.54, 1.807) is 11.0 Å². The van der Waals surface area contributed by atoms with Crippen LogP contribution in [-0.4, -0.2) is 23.9 Å². The molecule has 0 radical (unpaired) electrons. The molecule has 1 aromatic carbocycles. The molecule has 90 valence electrons. The predicted octanol–water partition coefficient (Wildman–Crippen LogP) is 3.68. The molecule has 1 heterocycles. The number of hydrogen-bond acceptors (Lipinski definition) is 2. The molecule has 4 heteroatoms. The second-order valence-corrected chi connectivity index (χ2v) is 4.69. The molecule has 0 atom stereocenters. The Morgan fingerprint density at radius 1 is 1.29 bits per heavy atom. The van der Waals surface area contributed by atoms with Crippen molar-refractivity contribution in [1.82, 2.24) is 4.90 Å². The molecule has 0 N–H and O–H groups in total. The monoisotopic (exact) mass is 295 g/mol. The topological polar surface area (TPSA) is 33.5 Å². The molecule has 0 fully saturated rings. The average Bonchev–Trinajstić information content (AvgIpc) is 2.73. The first-order chi connectivity index (χ1) is 8.15. The Bertz CT molecular complexity index is 543. The number of carbonyl (C=O) groups excluding carboxylic acids is 1. The van der Waals surface area contributed by atoms with Crippen LogP contribution in [0.15, 0.2) is 33.2 Å². The van der Waals surface area contributed by atoms with E-state index in [-0.39, 0.29) is 5.91 Å². The quantitative estimate of drug-likeness (QED) is 0.865. The summed E-state index contributed by atoms with van der Waals surface area (Å²) in [6.07, 6.45) is 0. The molecule has 17 heavy (non-hydrogen) atoms. The van der Waals surface area contributed by atoms with E-state index < -0.39 is 0 Å². The van der Waals surface area contributed by atoms with Crippen LogP contribution in [0.2, 0.25) is 0 Å². The summed E-state index contributed by atoms with van der Waals surface area (Å²) in [7, 11) is 0. The molecule has 0 unspecified atom stereocenters. The van der Waals surface area contributed by atoms with Crippen molar-refractivity contribution in [3.63, 3.8) is 0 Å². The van der Waals surface area contributed by atoms with Gasteiger partial charge in [0, 0.05) is 22.9 Å². The predicted molar refractivity (Wildman–Crippen MR) is 71.2 cm³/mol. The molecule has 0 saturated carbocycles. The third kappa shape index (κ3) is 2.36. The van der Waals surface area contributed by atoms with Gasteiger partial charge in [0.15, 0.2) is 5.76 Å². The zero-order chi connectivity index (χ0) is 12.4. The molecule has 0 aliphatic heterocycles. The molecular weight excluding hydrogens is 282 g/mol. The Hall–Kier alpha value is -1.29. The molecule has 2 aromatic rings. The zero-order valence-corrected chi connectivity index (χ0v) is 11.5. The van der Waals surface area contributed by atoms with Crippen LogP contribution in [0.3, 0.4) is 0 Å². The number of fused-ring (bicyclic) bond motifs is 1. The van der Waals surface area contributed by atoms with Gasteiger partial charge < -0.3 is 9.32 Å². The number of hydrogen-bond donors (Lipinski definition) is 0. The van der Waals surface area contributed by atoms with Crippen molar-refractivity contribution in [2.75, 3.05) is 13.1 Å². The highest BCUT2D eigenvalue weighted by atomic mass is 79.9. The number of nitrogens with zero attached hydrogens (tertiary/aromatic N) is 1. The third-order valence-corrected chi connectivity index (χ3v) is 3.24. The van der Waals surface area contributed by atoms with Crippen LogP contribution >= 0.6 is 15.9 Å². The summed E-state index contributed by atoms with van der Waals surface area (Å²) in [5.74, 6) is 0.351. The zero-order valence-electron chi connectivity index (χ0n) is 9.87. The summed E-state index contributed by atoms with van der Waals surface area (Å²) in [5, 5.41) is 0.948. The number of carbonyl (C=O) groups is 1. The Morgan fingerprint density at radius 2 is 2.00 bits per heavy atom. The molecule has 0 bridgehead atoms. The fourth-order valence-corrected chi connectivity index (χ4v) is 2.12. The van der Waals surface area contributed by atoms with E-state index in [1.807, 2.05) is 32.0 Å². The standard InChI is InChI=1S/C13H14BrNO2/c1-3-15(4-2)13(16)12-7-9-5-6-10(14)8-11(9)17-12/h5-8H,3-4H2,1-2H3. The maximum atomic E-state index is 12.1. The van der Waals surface area contributed by atoms with Gasteiger partial charge in [0.1, 0.15) is 5.58 Å².